The van der Waals surface area contributed by atoms with Gasteiger partial charge in [0.1, 0.15) is 17.9 Å². The molecule has 0 saturated heterocycles. The number of carboxylic acids is 1. The number of aliphatic carboxylic acids is 1. The van der Waals surface area contributed by atoms with E-state index in [2.05, 4.69) is 58.6 Å². The number of carbonyl (C=O) groups is 1. The average molecular weight is 442 g/mol. The molecule has 0 aliphatic heterocycles. The maximum absolute atomic E-state index is 11.1. The van der Waals surface area contributed by atoms with Crippen LogP contribution in [0.3, 0.4) is 0 Å². The summed E-state index contributed by atoms with van der Waals surface area (Å²) in [5, 5.41) is 15.1. The van der Waals surface area contributed by atoms with Crippen molar-refractivity contribution >= 4 is 22.6 Å². The zero-order chi connectivity index (χ0) is 23.2. The molecular weight excluding hydrogens is 414 g/mol. The van der Waals surface area contributed by atoms with Crippen LogP contribution in [0.25, 0.3) is 22.0 Å². The van der Waals surface area contributed by atoms with Crippen LogP contribution in [0, 0.1) is 6.92 Å². The number of nitrogens with zero attached hydrogens (tertiary/aromatic N) is 2. The summed E-state index contributed by atoms with van der Waals surface area (Å²) < 4.78 is 5.67. The minimum absolute atomic E-state index is 0.0834. The Kier molecular flexibility index (Phi) is 6.83. The van der Waals surface area contributed by atoms with Crippen molar-refractivity contribution < 1.29 is 14.6 Å². The van der Waals surface area contributed by atoms with Gasteiger partial charge >= 0.3 is 5.97 Å². The van der Waals surface area contributed by atoms with Gasteiger partial charge in [-0.05, 0) is 48.2 Å². The van der Waals surface area contributed by atoms with Crippen LogP contribution in [0.5, 0.6) is 5.75 Å². The molecular formula is C27H27N3O3. The Morgan fingerprint density at radius 2 is 1.82 bits per heavy atom. The Morgan fingerprint density at radius 1 is 1.00 bits per heavy atom. The third-order valence-corrected chi connectivity index (χ3v) is 5.60. The van der Waals surface area contributed by atoms with Crippen LogP contribution in [0.4, 0.5) is 5.82 Å². The third kappa shape index (κ3) is 5.29. The fourth-order valence-electron chi connectivity index (χ4n) is 4.00. The van der Waals surface area contributed by atoms with Crippen molar-refractivity contribution in [2.75, 3.05) is 18.5 Å². The number of carboxylic acid groups (broad SMARTS) is 1. The second-order valence-corrected chi connectivity index (χ2v) is 7.88. The number of benzene rings is 3. The molecule has 0 aliphatic carbocycles. The van der Waals surface area contributed by atoms with Gasteiger partial charge in [-0.1, -0.05) is 48.5 Å². The van der Waals surface area contributed by atoms with Gasteiger partial charge in [0, 0.05) is 23.7 Å². The first-order valence-corrected chi connectivity index (χ1v) is 11.1. The topological polar surface area (TPSA) is 84.3 Å². The molecule has 4 aromatic rings. The van der Waals surface area contributed by atoms with Crippen LogP contribution in [0.15, 0.2) is 67.0 Å². The molecule has 0 bridgehead atoms. The first-order chi connectivity index (χ1) is 16.0. The quantitative estimate of drug-likeness (QED) is 0.367. The second kappa shape index (κ2) is 10.1. The van der Waals surface area contributed by atoms with Crippen molar-refractivity contribution in [2.24, 2.45) is 0 Å². The molecule has 6 nitrogen and oxygen atoms in total. The zero-order valence-electron chi connectivity index (χ0n) is 18.8. The number of rotatable bonds is 9. The highest BCUT2D eigenvalue weighted by Gasteiger charge is 2.11. The van der Waals surface area contributed by atoms with Gasteiger partial charge in [0.05, 0.1) is 18.7 Å². The molecule has 0 atom stereocenters. The molecule has 3 aromatic carbocycles. The standard InChI is InChI=1S/C27H27N3O3/c1-3-33-25-14-20(10-11-21(25)15-27(31)32)24-16-26(30-17-29-24)28-13-12-19-7-5-8-22-18(2)6-4-9-23(19)22/h4-11,14,16-17H,3,12-13,15H2,1-2H3,(H,31,32)(H,28,29,30). The molecule has 168 valence electrons. The monoisotopic (exact) mass is 441 g/mol. The van der Waals surface area contributed by atoms with E-state index >= 15 is 0 Å². The molecule has 0 fully saturated rings. The highest BCUT2D eigenvalue weighted by molar-refractivity contribution is 5.88. The highest BCUT2D eigenvalue weighted by atomic mass is 16.5. The molecule has 0 spiro atoms. The Labute approximate surface area is 193 Å². The fraction of sp³-hybridized carbons (Fsp3) is 0.222. The predicted molar refractivity (Wildman–Crippen MR) is 131 cm³/mol. The van der Waals surface area contributed by atoms with Gasteiger partial charge in [-0.15, -0.1) is 0 Å². The summed E-state index contributed by atoms with van der Waals surface area (Å²) in [4.78, 5) is 19.9. The molecule has 0 radical (unpaired) electrons. The van der Waals surface area contributed by atoms with Crippen molar-refractivity contribution in [2.45, 2.75) is 26.7 Å². The molecule has 0 saturated carbocycles. The summed E-state index contributed by atoms with van der Waals surface area (Å²) in [7, 11) is 0. The number of anilines is 1. The van der Waals surface area contributed by atoms with E-state index in [0.29, 0.717) is 17.9 Å². The lowest BCUT2D eigenvalue weighted by Crippen LogP contribution is -2.07. The van der Waals surface area contributed by atoms with E-state index in [1.165, 1.54) is 28.2 Å². The van der Waals surface area contributed by atoms with E-state index in [1.54, 1.807) is 6.07 Å². The summed E-state index contributed by atoms with van der Waals surface area (Å²) in [5.41, 5.74) is 4.82. The molecule has 33 heavy (non-hydrogen) atoms. The lowest BCUT2D eigenvalue weighted by molar-refractivity contribution is -0.136. The van der Waals surface area contributed by atoms with E-state index < -0.39 is 5.97 Å². The first-order valence-electron chi connectivity index (χ1n) is 11.1. The highest BCUT2D eigenvalue weighted by Crippen LogP contribution is 2.28. The van der Waals surface area contributed by atoms with Crippen LogP contribution in [0.2, 0.25) is 0 Å². The van der Waals surface area contributed by atoms with E-state index in [0.717, 1.165) is 30.0 Å². The Bertz CT molecular complexity index is 1290. The van der Waals surface area contributed by atoms with Gasteiger partial charge in [-0.25, -0.2) is 9.97 Å². The van der Waals surface area contributed by atoms with Crippen molar-refractivity contribution in [1.29, 1.82) is 0 Å². The maximum Gasteiger partial charge on any atom is 0.307 e. The molecule has 1 heterocycles. The summed E-state index contributed by atoms with van der Waals surface area (Å²) in [6.45, 7) is 5.21. The van der Waals surface area contributed by atoms with Crippen molar-refractivity contribution in [3.8, 4) is 17.0 Å². The summed E-state index contributed by atoms with van der Waals surface area (Å²) in [6.07, 6.45) is 2.32. The molecule has 1 aromatic heterocycles. The number of fused-ring (bicyclic) bond motifs is 1. The zero-order valence-corrected chi connectivity index (χ0v) is 18.8. The number of nitrogens with one attached hydrogen (secondary N) is 1. The number of ether oxygens (including phenoxy) is 1. The van der Waals surface area contributed by atoms with Crippen molar-refractivity contribution in [3.05, 3.63) is 83.7 Å². The second-order valence-electron chi connectivity index (χ2n) is 7.88. The van der Waals surface area contributed by atoms with E-state index in [1.807, 2.05) is 25.1 Å². The molecule has 0 amide bonds. The average Bonchev–Trinajstić information content (AvgIpc) is 2.81. The smallest absolute Gasteiger partial charge is 0.307 e. The van der Waals surface area contributed by atoms with Gasteiger partial charge in [0.25, 0.3) is 0 Å². The number of aromatic nitrogens is 2. The van der Waals surface area contributed by atoms with Crippen LogP contribution < -0.4 is 10.1 Å². The van der Waals surface area contributed by atoms with Crippen molar-refractivity contribution in [3.63, 3.8) is 0 Å². The summed E-state index contributed by atoms with van der Waals surface area (Å²) in [6, 6.07) is 20.2. The molecule has 6 heteroatoms. The van der Waals surface area contributed by atoms with Crippen LogP contribution in [0.1, 0.15) is 23.6 Å². The third-order valence-electron chi connectivity index (χ3n) is 5.60. The molecule has 2 N–H and O–H groups in total. The maximum atomic E-state index is 11.1. The number of aryl methyl sites for hydroxylation is 1. The van der Waals surface area contributed by atoms with Crippen LogP contribution in [-0.4, -0.2) is 34.2 Å². The number of hydrogen-bond donors (Lipinski definition) is 2. The SMILES string of the molecule is CCOc1cc(-c2cc(NCCc3cccc4c(C)cccc34)ncn2)ccc1CC(=O)O. The predicted octanol–water partition coefficient (Wildman–Crippen LogP) is 5.29. The lowest BCUT2D eigenvalue weighted by Gasteiger charge is -2.12. The lowest BCUT2D eigenvalue weighted by atomic mass is 9.99. The Hall–Kier alpha value is -3.93. The van der Waals surface area contributed by atoms with Gasteiger partial charge in [-0.3, -0.25) is 4.79 Å². The molecule has 0 unspecified atom stereocenters. The van der Waals surface area contributed by atoms with Gasteiger partial charge < -0.3 is 15.2 Å². The van der Waals surface area contributed by atoms with Crippen molar-refractivity contribution in [1.82, 2.24) is 9.97 Å². The largest absolute Gasteiger partial charge is 0.494 e. The first kappa shape index (κ1) is 22.3. The normalized spacial score (nSPS) is 10.8. The Balaban J connectivity index is 1.49. The minimum Gasteiger partial charge on any atom is -0.494 e. The van der Waals surface area contributed by atoms with Gasteiger partial charge in [-0.2, -0.15) is 0 Å². The van der Waals surface area contributed by atoms with Crippen LogP contribution in [-0.2, 0) is 17.6 Å². The fourth-order valence-corrected chi connectivity index (χ4v) is 4.00. The number of hydrogen-bond acceptors (Lipinski definition) is 5. The summed E-state index contributed by atoms with van der Waals surface area (Å²) in [5.74, 6) is 0.416. The molecule has 0 aliphatic rings. The minimum atomic E-state index is -0.890. The molecule has 4 rings (SSSR count). The van der Waals surface area contributed by atoms with E-state index in [4.69, 9.17) is 9.84 Å². The van der Waals surface area contributed by atoms with E-state index in [9.17, 15) is 4.79 Å². The Morgan fingerprint density at radius 3 is 2.64 bits per heavy atom. The van der Waals surface area contributed by atoms with E-state index in [-0.39, 0.29) is 6.42 Å². The summed E-state index contributed by atoms with van der Waals surface area (Å²) >= 11 is 0. The van der Waals surface area contributed by atoms with Gasteiger partial charge in [0.15, 0.2) is 0 Å². The van der Waals surface area contributed by atoms with Crippen LogP contribution >= 0.6 is 0 Å². The van der Waals surface area contributed by atoms with Gasteiger partial charge in [0.2, 0.25) is 0 Å².